The molecule has 0 saturated heterocycles. The number of nitrogens with one attached hydrogen (secondary N) is 1. The van der Waals surface area contributed by atoms with E-state index in [9.17, 15) is 15.0 Å². The summed E-state index contributed by atoms with van der Waals surface area (Å²) in [5.74, 6) is -0.636. The van der Waals surface area contributed by atoms with Gasteiger partial charge in [-0.15, -0.1) is 0 Å². The molecule has 0 aliphatic rings. The van der Waals surface area contributed by atoms with Gasteiger partial charge in [0.25, 0.3) is 5.91 Å². The van der Waals surface area contributed by atoms with Crippen LogP contribution in [0.1, 0.15) is 12.5 Å². The number of hydrazone groups is 1. The molecule has 0 heterocycles. The molecule has 0 aliphatic carbocycles. The Morgan fingerprint density at radius 1 is 1.15 bits per heavy atom. The van der Waals surface area contributed by atoms with E-state index in [1.54, 1.807) is 13.0 Å². The third kappa shape index (κ3) is 4.48. The Hall–Kier alpha value is -3.25. The molecule has 3 aromatic carbocycles. The molecular formula is C20H17ClN2O4. The number of phenols is 2. The fraction of sp³-hybridized carbons (Fsp3) is 0.100. The van der Waals surface area contributed by atoms with Crippen LogP contribution in [0.3, 0.4) is 0 Å². The molecule has 0 unspecified atom stereocenters. The zero-order valence-electron chi connectivity index (χ0n) is 14.4. The minimum atomic E-state index is -0.764. The summed E-state index contributed by atoms with van der Waals surface area (Å²) >= 11 is 5.76. The van der Waals surface area contributed by atoms with Gasteiger partial charge in [-0.25, -0.2) is 5.43 Å². The number of fused-ring (bicyclic) bond motifs is 1. The van der Waals surface area contributed by atoms with Gasteiger partial charge in [0.05, 0.1) is 11.2 Å². The predicted octanol–water partition coefficient (Wildman–Crippen LogP) is 3.82. The third-order valence-corrected chi connectivity index (χ3v) is 4.15. The van der Waals surface area contributed by atoms with Crippen molar-refractivity contribution in [3.63, 3.8) is 0 Å². The van der Waals surface area contributed by atoms with Crippen molar-refractivity contribution in [3.8, 4) is 17.2 Å². The predicted molar refractivity (Wildman–Crippen MR) is 105 cm³/mol. The molecular weight excluding hydrogens is 368 g/mol. The van der Waals surface area contributed by atoms with E-state index < -0.39 is 17.8 Å². The molecule has 0 aliphatic heterocycles. The lowest BCUT2D eigenvalue weighted by molar-refractivity contribution is -0.127. The Balaban J connectivity index is 1.61. The molecule has 0 aromatic heterocycles. The molecule has 3 aromatic rings. The lowest BCUT2D eigenvalue weighted by Gasteiger charge is -2.13. The number of aromatic hydroxyl groups is 2. The number of carbonyl (C=O) groups excluding carboxylic acids is 1. The van der Waals surface area contributed by atoms with E-state index in [-0.39, 0.29) is 10.8 Å². The molecule has 1 amide bonds. The standard InChI is InChI=1S/C20H17ClN2O4/c1-12(27-16-7-6-14-4-2-3-5-15(14)10-16)20(26)23-22-11-13-8-17(21)19(25)18(24)9-13/h2-12,24-25H,1H3,(H,23,26)/b22-11+/t12-/m1/s1. The van der Waals surface area contributed by atoms with Gasteiger partial charge in [-0.1, -0.05) is 41.9 Å². The van der Waals surface area contributed by atoms with Crippen LogP contribution in [0.5, 0.6) is 17.2 Å². The van der Waals surface area contributed by atoms with Gasteiger partial charge >= 0.3 is 0 Å². The van der Waals surface area contributed by atoms with E-state index in [0.29, 0.717) is 11.3 Å². The van der Waals surface area contributed by atoms with Crippen LogP contribution in [0.4, 0.5) is 0 Å². The van der Waals surface area contributed by atoms with Gasteiger partial charge in [0.15, 0.2) is 17.6 Å². The Kier molecular flexibility index (Phi) is 5.47. The van der Waals surface area contributed by atoms with Gasteiger partial charge in [0.2, 0.25) is 0 Å². The van der Waals surface area contributed by atoms with Gasteiger partial charge in [-0.05, 0) is 47.5 Å². The fourth-order valence-corrected chi connectivity index (χ4v) is 2.66. The second-order valence-corrected chi connectivity index (χ2v) is 6.28. The third-order valence-electron chi connectivity index (χ3n) is 3.86. The van der Waals surface area contributed by atoms with E-state index in [2.05, 4.69) is 10.5 Å². The molecule has 3 N–H and O–H groups in total. The number of amides is 1. The highest BCUT2D eigenvalue weighted by Gasteiger charge is 2.14. The molecule has 0 bridgehead atoms. The van der Waals surface area contributed by atoms with Crippen LogP contribution in [-0.2, 0) is 4.79 Å². The summed E-state index contributed by atoms with van der Waals surface area (Å²) in [6, 6.07) is 16.1. The Bertz CT molecular complexity index is 997. The minimum absolute atomic E-state index is 0.0178. The van der Waals surface area contributed by atoms with Crippen LogP contribution >= 0.6 is 11.6 Å². The number of phenolic OH excluding ortho intramolecular Hbond substituents is 2. The van der Waals surface area contributed by atoms with Crippen molar-refractivity contribution in [2.24, 2.45) is 5.10 Å². The highest BCUT2D eigenvalue weighted by molar-refractivity contribution is 6.32. The molecule has 1 atom stereocenters. The maximum atomic E-state index is 12.1. The van der Waals surface area contributed by atoms with Gasteiger partial charge < -0.3 is 14.9 Å². The van der Waals surface area contributed by atoms with Crippen molar-refractivity contribution in [3.05, 3.63) is 65.2 Å². The normalized spacial score (nSPS) is 12.2. The van der Waals surface area contributed by atoms with E-state index in [1.807, 2.05) is 36.4 Å². The summed E-state index contributed by atoms with van der Waals surface area (Å²) < 4.78 is 5.66. The number of rotatable bonds is 5. The maximum Gasteiger partial charge on any atom is 0.280 e. The van der Waals surface area contributed by atoms with Crippen molar-refractivity contribution in [2.75, 3.05) is 0 Å². The van der Waals surface area contributed by atoms with Crippen molar-refractivity contribution >= 4 is 34.5 Å². The summed E-state index contributed by atoms with van der Waals surface area (Å²) in [7, 11) is 0. The Morgan fingerprint density at radius 3 is 2.63 bits per heavy atom. The van der Waals surface area contributed by atoms with E-state index in [4.69, 9.17) is 16.3 Å². The van der Waals surface area contributed by atoms with Crippen LogP contribution in [-0.4, -0.2) is 28.4 Å². The van der Waals surface area contributed by atoms with Crippen LogP contribution in [0.2, 0.25) is 5.02 Å². The maximum absolute atomic E-state index is 12.1. The molecule has 0 saturated carbocycles. The van der Waals surface area contributed by atoms with E-state index in [0.717, 1.165) is 10.8 Å². The number of ether oxygens (including phenoxy) is 1. The van der Waals surface area contributed by atoms with Crippen LogP contribution in [0, 0.1) is 0 Å². The Morgan fingerprint density at radius 2 is 1.89 bits per heavy atom. The van der Waals surface area contributed by atoms with Gasteiger partial charge in [0.1, 0.15) is 5.75 Å². The number of halogens is 1. The topological polar surface area (TPSA) is 91.2 Å². The molecule has 6 nitrogen and oxygen atoms in total. The first-order chi connectivity index (χ1) is 12.9. The molecule has 0 radical (unpaired) electrons. The number of carbonyl (C=O) groups is 1. The number of hydrogen-bond donors (Lipinski definition) is 3. The second kappa shape index (κ2) is 7.97. The molecule has 7 heteroatoms. The van der Waals surface area contributed by atoms with Crippen molar-refractivity contribution < 1.29 is 19.7 Å². The first-order valence-electron chi connectivity index (χ1n) is 8.14. The average Bonchev–Trinajstić information content (AvgIpc) is 2.65. The monoisotopic (exact) mass is 384 g/mol. The average molecular weight is 385 g/mol. The molecule has 3 rings (SSSR count). The fourth-order valence-electron chi connectivity index (χ4n) is 2.44. The lowest BCUT2D eigenvalue weighted by atomic mass is 10.1. The van der Waals surface area contributed by atoms with Crippen LogP contribution in [0.15, 0.2) is 59.7 Å². The summed E-state index contributed by atoms with van der Waals surface area (Å²) in [6.07, 6.45) is 0.534. The minimum Gasteiger partial charge on any atom is -0.504 e. The lowest BCUT2D eigenvalue weighted by Crippen LogP contribution is -2.33. The molecule has 27 heavy (non-hydrogen) atoms. The highest BCUT2D eigenvalue weighted by atomic mass is 35.5. The summed E-state index contributed by atoms with van der Waals surface area (Å²) in [4.78, 5) is 12.1. The van der Waals surface area contributed by atoms with Crippen molar-refractivity contribution in [1.82, 2.24) is 5.43 Å². The second-order valence-electron chi connectivity index (χ2n) is 5.87. The van der Waals surface area contributed by atoms with Gasteiger partial charge in [-0.2, -0.15) is 5.10 Å². The van der Waals surface area contributed by atoms with Gasteiger partial charge in [-0.3, -0.25) is 4.79 Å². The zero-order chi connectivity index (χ0) is 19.4. The van der Waals surface area contributed by atoms with Crippen LogP contribution in [0.25, 0.3) is 10.8 Å². The largest absolute Gasteiger partial charge is 0.504 e. The summed E-state index contributed by atoms with van der Waals surface area (Å²) in [5.41, 5.74) is 2.78. The van der Waals surface area contributed by atoms with Gasteiger partial charge in [0, 0.05) is 0 Å². The zero-order valence-corrected chi connectivity index (χ0v) is 15.1. The van der Waals surface area contributed by atoms with Crippen molar-refractivity contribution in [1.29, 1.82) is 0 Å². The Labute approximate surface area is 160 Å². The summed E-state index contributed by atoms with van der Waals surface area (Å²) in [6.45, 7) is 1.61. The molecule has 0 fully saturated rings. The van der Waals surface area contributed by atoms with E-state index >= 15 is 0 Å². The van der Waals surface area contributed by atoms with E-state index in [1.165, 1.54) is 18.3 Å². The SMILES string of the molecule is C[C@@H](Oc1ccc2ccccc2c1)C(=O)N/N=C/c1cc(O)c(O)c(Cl)c1. The molecule has 138 valence electrons. The number of hydrogen-bond acceptors (Lipinski definition) is 5. The number of benzene rings is 3. The highest BCUT2D eigenvalue weighted by Crippen LogP contribution is 2.33. The smallest absolute Gasteiger partial charge is 0.280 e. The van der Waals surface area contributed by atoms with Crippen molar-refractivity contribution in [2.45, 2.75) is 13.0 Å². The quantitative estimate of drug-likeness (QED) is 0.354. The first kappa shape index (κ1) is 18.5. The number of nitrogens with zero attached hydrogens (tertiary/aromatic N) is 1. The summed E-state index contributed by atoms with van der Waals surface area (Å²) in [5, 5.41) is 24.8. The van der Waals surface area contributed by atoms with Crippen LogP contribution < -0.4 is 10.2 Å². The first-order valence-corrected chi connectivity index (χ1v) is 8.51. The molecule has 0 spiro atoms.